The molecule has 0 radical (unpaired) electrons. The van der Waals surface area contributed by atoms with E-state index in [0.29, 0.717) is 16.3 Å². The number of esters is 1. The highest BCUT2D eigenvalue weighted by atomic mass is 35.5. The molecule has 2 rings (SSSR count). The first kappa shape index (κ1) is 16.1. The summed E-state index contributed by atoms with van der Waals surface area (Å²) in [5.41, 5.74) is 0.728. The molecule has 0 bridgehead atoms. The summed E-state index contributed by atoms with van der Waals surface area (Å²) in [7, 11) is 2.78. The van der Waals surface area contributed by atoms with Gasteiger partial charge in [0, 0.05) is 22.8 Å². The number of Topliss-reactive ketones (excluding diaryl/α,β-unsaturated/α-hetero) is 1. The molecule has 0 aliphatic heterocycles. The van der Waals surface area contributed by atoms with Gasteiger partial charge < -0.3 is 14.0 Å². The van der Waals surface area contributed by atoms with E-state index in [9.17, 15) is 9.59 Å². The third kappa shape index (κ3) is 3.14. The Balaban J connectivity index is 2.40. The van der Waals surface area contributed by atoms with Gasteiger partial charge in [0.1, 0.15) is 11.4 Å². The zero-order chi connectivity index (χ0) is 16.3. The quantitative estimate of drug-likeness (QED) is 0.625. The van der Waals surface area contributed by atoms with Crippen LogP contribution >= 0.6 is 11.6 Å². The number of carbonyl (C=O) groups is 2. The first-order valence-electron chi connectivity index (χ1n) is 6.62. The van der Waals surface area contributed by atoms with Crippen LogP contribution in [0.4, 0.5) is 0 Å². The molecule has 0 N–H and O–H groups in total. The minimum absolute atomic E-state index is 0.161. The first-order chi connectivity index (χ1) is 10.5. The molecule has 2 aromatic rings. The van der Waals surface area contributed by atoms with Crippen molar-refractivity contribution in [2.24, 2.45) is 0 Å². The van der Waals surface area contributed by atoms with Crippen LogP contribution in [0, 0.1) is 0 Å². The largest absolute Gasteiger partial charge is 0.495 e. The number of aromatic nitrogens is 1. The topological polar surface area (TPSA) is 57.5 Å². The normalized spacial score (nSPS) is 11.8. The maximum atomic E-state index is 12.6. The van der Waals surface area contributed by atoms with Crippen LogP contribution in [-0.4, -0.2) is 30.5 Å². The van der Waals surface area contributed by atoms with E-state index in [2.05, 4.69) is 0 Å². The molecule has 1 heterocycles. The van der Waals surface area contributed by atoms with Gasteiger partial charge >= 0.3 is 5.97 Å². The summed E-state index contributed by atoms with van der Waals surface area (Å²) in [6.07, 6.45) is 1.60. The fourth-order valence-electron chi connectivity index (χ4n) is 2.16. The van der Waals surface area contributed by atoms with E-state index in [1.807, 2.05) is 0 Å². The third-order valence-corrected chi connectivity index (χ3v) is 3.59. The summed E-state index contributed by atoms with van der Waals surface area (Å²) in [4.78, 5) is 24.4. The Hall–Kier alpha value is -2.27. The second kappa shape index (κ2) is 6.66. The molecule has 1 unspecified atom stereocenters. The molecule has 0 spiro atoms. The lowest BCUT2D eigenvalue weighted by Crippen LogP contribution is -2.20. The fourth-order valence-corrected chi connectivity index (χ4v) is 2.35. The first-order valence-corrected chi connectivity index (χ1v) is 6.99. The van der Waals surface area contributed by atoms with Crippen LogP contribution < -0.4 is 4.74 Å². The molecular weight excluding hydrogens is 306 g/mol. The number of nitrogens with zero attached hydrogens (tertiary/aromatic N) is 1. The number of rotatable bonds is 5. The number of hydrogen-bond acceptors (Lipinski definition) is 4. The van der Waals surface area contributed by atoms with E-state index in [1.165, 1.54) is 24.9 Å². The molecule has 0 aliphatic carbocycles. The summed E-state index contributed by atoms with van der Waals surface area (Å²) >= 11 is 5.92. The van der Waals surface area contributed by atoms with Gasteiger partial charge in [0.25, 0.3) is 0 Å². The van der Waals surface area contributed by atoms with Crippen LogP contribution in [0.5, 0.6) is 5.75 Å². The van der Waals surface area contributed by atoms with Crippen LogP contribution in [0.25, 0.3) is 0 Å². The van der Waals surface area contributed by atoms with Crippen LogP contribution in [0.3, 0.4) is 0 Å². The highest BCUT2D eigenvalue weighted by Crippen LogP contribution is 2.24. The van der Waals surface area contributed by atoms with Crippen LogP contribution in [0.15, 0.2) is 36.5 Å². The highest BCUT2D eigenvalue weighted by molar-refractivity contribution is 6.31. The fraction of sp³-hybridized carbons (Fsp3) is 0.250. The Morgan fingerprint density at radius 2 is 1.95 bits per heavy atom. The number of ketones is 1. The zero-order valence-corrected chi connectivity index (χ0v) is 13.3. The minimum atomic E-state index is -0.600. The van der Waals surface area contributed by atoms with E-state index in [1.54, 1.807) is 37.4 Å². The maximum Gasteiger partial charge on any atom is 0.354 e. The monoisotopic (exact) mass is 321 g/mol. The summed E-state index contributed by atoms with van der Waals surface area (Å²) in [5, 5.41) is 0.483. The number of methoxy groups -OCH3 is 2. The molecule has 22 heavy (non-hydrogen) atoms. The van der Waals surface area contributed by atoms with Crippen molar-refractivity contribution in [1.29, 1.82) is 0 Å². The Morgan fingerprint density at radius 1 is 1.23 bits per heavy atom. The number of ether oxygens (including phenoxy) is 2. The third-order valence-electron chi connectivity index (χ3n) is 3.36. The van der Waals surface area contributed by atoms with E-state index in [4.69, 9.17) is 21.1 Å². The molecule has 5 nitrogen and oxygen atoms in total. The minimum Gasteiger partial charge on any atom is -0.495 e. The number of carbonyl (C=O) groups excluding carboxylic acids is 2. The molecule has 6 heteroatoms. The van der Waals surface area contributed by atoms with Gasteiger partial charge in [-0.05, 0) is 19.1 Å². The van der Waals surface area contributed by atoms with Crippen molar-refractivity contribution in [2.45, 2.75) is 13.0 Å². The Bertz CT molecular complexity index is 708. The van der Waals surface area contributed by atoms with Crippen LogP contribution in [-0.2, 0) is 4.74 Å². The van der Waals surface area contributed by atoms with Gasteiger partial charge in [0.05, 0.1) is 20.3 Å². The second-order valence-electron chi connectivity index (χ2n) is 4.71. The average Bonchev–Trinajstić information content (AvgIpc) is 2.97. The van der Waals surface area contributed by atoms with Crippen molar-refractivity contribution < 1.29 is 19.1 Å². The lowest BCUT2D eigenvalue weighted by Gasteiger charge is -2.15. The number of benzene rings is 1. The maximum absolute atomic E-state index is 12.6. The van der Waals surface area contributed by atoms with Gasteiger partial charge in [0.2, 0.25) is 0 Å². The molecule has 0 amide bonds. The van der Waals surface area contributed by atoms with Gasteiger partial charge in [-0.1, -0.05) is 23.7 Å². The van der Waals surface area contributed by atoms with E-state index in [-0.39, 0.29) is 11.5 Å². The zero-order valence-electron chi connectivity index (χ0n) is 12.5. The van der Waals surface area contributed by atoms with Crippen LogP contribution in [0.1, 0.15) is 33.8 Å². The summed E-state index contributed by atoms with van der Waals surface area (Å²) in [6, 6.07) is 7.62. The SMILES string of the molecule is COC(=O)c1cc(OC)cn1C(C)C(=O)c1cccc(Cl)c1. The van der Waals surface area contributed by atoms with Gasteiger partial charge in [-0.3, -0.25) is 4.79 Å². The van der Waals surface area contributed by atoms with E-state index >= 15 is 0 Å². The molecule has 1 atom stereocenters. The predicted octanol–water partition coefficient (Wildman–Crippen LogP) is 3.38. The molecule has 0 saturated heterocycles. The smallest absolute Gasteiger partial charge is 0.354 e. The second-order valence-corrected chi connectivity index (χ2v) is 5.15. The molecule has 0 aliphatic rings. The molecule has 0 saturated carbocycles. The average molecular weight is 322 g/mol. The van der Waals surface area contributed by atoms with Crippen molar-refractivity contribution in [3.05, 3.63) is 52.8 Å². The van der Waals surface area contributed by atoms with Crippen molar-refractivity contribution in [3.8, 4) is 5.75 Å². The Labute approximate surface area is 133 Å². The molecular formula is C16H16ClNO4. The van der Waals surface area contributed by atoms with Crippen molar-refractivity contribution in [3.63, 3.8) is 0 Å². The van der Waals surface area contributed by atoms with Gasteiger partial charge in [-0.2, -0.15) is 0 Å². The standard InChI is InChI=1S/C16H16ClNO4/c1-10(15(19)11-5-4-6-12(17)7-11)18-9-13(21-2)8-14(18)16(20)22-3/h4-10H,1-3H3. The Kier molecular flexibility index (Phi) is 4.88. The summed E-state index contributed by atoms with van der Waals surface area (Å²) in [6.45, 7) is 1.70. The lowest BCUT2D eigenvalue weighted by atomic mass is 10.1. The van der Waals surface area contributed by atoms with Gasteiger partial charge in [0.15, 0.2) is 5.78 Å². The van der Waals surface area contributed by atoms with Gasteiger partial charge in [-0.25, -0.2) is 4.79 Å². The van der Waals surface area contributed by atoms with Gasteiger partial charge in [-0.15, -0.1) is 0 Å². The molecule has 1 aromatic heterocycles. The van der Waals surface area contributed by atoms with E-state index in [0.717, 1.165) is 0 Å². The highest BCUT2D eigenvalue weighted by Gasteiger charge is 2.24. The number of hydrogen-bond donors (Lipinski definition) is 0. The Morgan fingerprint density at radius 3 is 2.55 bits per heavy atom. The van der Waals surface area contributed by atoms with Crippen LogP contribution in [0.2, 0.25) is 5.02 Å². The predicted molar refractivity (Wildman–Crippen MR) is 82.8 cm³/mol. The lowest BCUT2D eigenvalue weighted by molar-refractivity contribution is 0.0586. The van der Waals surface area contributed by atoms with Crippen molar-refractivity contribution in [2.75, 3.05) is 14.2 Å². The number of halogens is 1. The molecule has 0 fully saturated rings. The molecule has 1 aromatic carbocycles. The molecule has 116 valence electrons. The summed E-state index contributed by atoms with van der Waals surface area (Å²) < 4.78 is 11.4. The van der Waals surface area contributed by atoms with Crippen molar-refractivity contribution in [1.82, 2.24) is 4.57 Å². The van der Waals surface area contributed by atoms with Crippen molar-refractivity contribution >= 4 is 23.4 Å². The summed E-state index contributed by atoms with van der Waals surface area (Å²) in [5.74, 6) is -0.217. The van der Waals surface area contributed by atoms with E-state index < -0.39 is 12.0 Å².